The molecule has 0 bridgehead atoms. The van der Waals surface area contributed by atoms with Crippen molar-refractivity contribution in [3.63, 3.8) is 0 Å². The van der Waals surface area contributed by atoms with E-state index in [4.69, 9.17) is 14.2 Å². The summed E-state index contributed by atoms with van der Waals surface area (Å²) in [5.41, 5.74) is 0. The van der Waals surface area contributed by atoms with Crippen LogP contribution in [-0.2, 0) is 28.6 Å². The Morgan fingerprint density at radius 3 is 1.11 bits per heavy atom. The summed E-state index contributed by atoms with van der Waals surface area (Å²) in [6.45, 7) is 4.72. The van der Waals surface area contributed by atoms with Crippen LogP contribution in [0.3, 0.4) is 0 Å². The minimum Gasteiger partial charge on any atom is -0.544 e. The molecular formula is C57H109NO7. The number of quaternary nitrogens is 1. The van der Waals surface area contributed by atoms with Gasteiger partial charge in [0.25, 0.3) is 0 Å². The van der Waals surface area contributed by atoms with E-state index >= 15 is 0 Å². The summed E-state index contributed by atoms with van der Waals surface area (Å²) >= 11 is 0. The number of unbranched alkanes of at least 4 members (excludes halogenated alkanes) is 36. The van der Waals surface area contributed by atoms with Crippen molar-refractivity contribution < 1.29 is 38.2 Å². The molecule has 0 spiro atoms. The fraction of sp³-hybridized carbons (Fsp3) is 0.912. The van der Waals surface area contributed by atoms with Gasteiger partial charge in [0, 0.05) is 19.3 Å². The number of hydrogen-bond acceptors (Lipinski definition) is 7. The van der Waals surface area contributed by atoms with Crippen LogP contribution < -0.4 is 5.11 Å². The van der Waals surface area contributed by atoms with Crippen molar-refractivity contribution in [2.45, 2.75) is 296 Å². The molecule has 0 rings (SSSR count). The second-order valence-electron chi connectivity index (χ2n) is 20.5. The zero-order valence-corrected chi connectivity index (χ0v) is 43.9. The normalized spacial score (nSPS) is 12.8. The molecule has 0 saturated heterocycles. The number of aliphatic carboxylic acids is 1. The monoisotopic (exact) mass is 920 g/mol. The second kappa shape index (κ2) is 48.5. The first-order chi connectivity index (χ1) is 31.6. The average molecular weight is 920 g/mol. The Bertz CT molecular complexity index is 1070. The molecule has 0 heterocycles. The largest absolute Gasteiger partial charge is 0.544 e. The van der Waals surface area contributed by atoms with E-state index < -0.39 is 18.1 Å². The van der Waals surface area contributed by atoms with Gasteiger partial charge in [0.2, 0.25) is 0 Å². The van der Waals surface area contributed by atoms with Gasteiger partial charge in [-0.3, -0.25) is 9.59 Å². The van der Waals surface area contributed by atoms with E-state index in [0.717, 1.165) is 38.5 Å². The number of ether oxygens (including phenoxy) is 3. The van der Waals surface area contributed by atoms with Crippen LogP contribution in [0.5, 0.6) is 0 Å². The lowest BCUT2D eigenvalue weighted by atomic mass is 10.0. The van der Waals surface area contributed by atoms with Crippen LogP contribution in [0.4, 0.5) is 0 Å². The standard InChI is InChI=1S/C57H109NO7/c1-6-8-10-12-14-16-18-20-22-24-26-28-30-31-33-35-37-39-41-43-45-47-55(59)64-52-53(51-63-50-49-54(57(61)62)58(3,4)5)65-56(60)48-46-44-42-40-38-36-34-32-29-27-25-23-21-19-17-15-13-11-9-7-2/h27,29,53-54H,6-26,28,30-52H2,1-5H3/b29-27+. The molecule has 8 heteroatoms. The number of hydrogen-bond donors (Lipinski definition) is 0. The summed E-state index contributed by atoms with van der Waals surface area (Å²) in [6.07, 6.45) is 55.4. The average Bonchev–Trinajstić information content (AvgIpc) is 3.27. The molecule has 0 saturated carbocycles. The van der Waals surface area contributed by atoms with Gasteiger partial charge in [-0.25, -0.2) is 0 Å². The molecule has 0 fully saturated rings. The molecule has 65 heavy (non-hydrogen) atoms. The zero-order chi connectivity index (χ0) is 47.7. The van der Waals surface area contributed by atoms with Gasteiger partial charge in [-0.05, 0) is 38.5 Å². The third-order valence-electron chi connectivity index (χ3n) is 13.2. The van der Waals surface area contributed by atoms with E-state index in [2.05, 4.69) is 26.0 Å². The van der Waals surface area contributed by atoms with Crippen molar-refractivity contribution in [1.29, 1.82) is 0 Å². The molecule has 0 aromatic heterocycles. The Balaban J connectivity index is 4.15. The number of carbonyl (C=O) groups is 3. The molecule has 384 valence electrons. The molecule has 0 radical (unpaired) electrons. The van der Waals surface area contributed by atoms with Crippen LogP contribution in [0.2, 0.25) is 0 Å². The van der Waals surface area contributed by atoms with Crippen molar-refractivity contribution in [2.75, 3.05) is 41.0 Å². The van der Waals surface area contributed by atoms with Crippen molar-refractivity contribution >= 4 is 17.9 Å². The lowest BCUT2D eigenvalue weighted by molar-refractivity contribution is -0.889. The molecule has 2 atom stereocenters. The third kappa shape index (κ3) is 46.9. The summed E-state index contributed by atoms with van der Waals surface area (Å²) in [6, 6.07) is -0.723. The van der Waals surface area contributed by atoms with E-state index in [1.807, 2.05) is 21.1 Å². The van der Waals surface area contributed by atoms with E-state index in [1.54, 1.807) is 0 Å². The third-order valence-corrected chi connectivity index (χ3v) is 13.2. The number of esters is 2. The van der Waals surface area contributed by atoms with E-state index in [9.17, 15) is 19.5 Å². The topological polar surface area (TPSA) is 102 Å². The van der Waals surface area contributed by atoms with E-state index in [-0.39, 0.29) is 42.7 Å². The molecule has 0 amide bonds. The van der Waals surface area contributed by atoms with Crippen LogP contribution >= 0.6 is 0 Å². The molecule has 0 aromatic rings. The lowest BCUT2D eigenvalue weighted by Crippen LogP contribution is -2.55. The van der Waals surface area contributed by atoms with Crippen LogP contribution in [0, 0.1) is 0 Å². The minimum atomic E-state index is -1.12. The second-order valence-corrected chi connectivity index (χ2v) is 20.5. The quantitative estimate of drug-likeness (QED) is 0.0259. The summed E-state index contributed by atoms with van der Waals surface area (Å²) in [4.78, 5) is 37.1. The fourth-order valence-electron chi connectivity index (χ4n) is 8.78. The van der Waals surface area contributed by atoms with E-state index in [1.165, 1.54) is 212 Å². The smallest absolute Gasteiger partial charge is 0.306 e. The van der Waals surface area contributed by atoms with Crippen LogP contribution in [0.1, 0.15) is 284 Å². The van der Waals surface area contributed by atoms with Gasteiger partial charge in [0.05, 0.1) is 40.3 Å². The number of carbonyl (C=O) groups excluding carboxylic acids is 3. The maximum absolute atomic E-state index is 12.8. The van der Waals surface area contributed by atoms with Crippen molar-refractivity contribution in [1.82, 2.24) is 0 Å². The maximum Gasteiger partial charge on any atom is 0.306 e. The molecular weight excluding hydrogens is 811 g/mol. The first-order valence-electron chi connectivity index (χ1n) is 28.2. The Morgan fingerprint density at radius 1 is 0.446 bits per heavy atom. The highest BCUT2D eigenvalue weighted by Crippen LogP contribution is 2.17. The Kier molecular flexibility index (Phi) is 47.1. The van der Waals surface area contributed by atoms with Crippen LogP contribution in [0.15, 0.2) is 12.2 Å². The SMILES string of the molecule is CCCCCCCCCCC/C=C/CCCCCCCCCC(=O)OC(COCCC(C(=O)[O-])[N+](C)(C)C)COC(=O)CCCCCCCCCCCCCCCCCCCCCCC. The number of carboxylic acid groups (broad SMARTS) is 1. The van der Waals surface area contributed by atoms with Crippen LogP contribution in [0.25, 0.3) is 0 Å². The predicted octanol–water partition coefficient (Wildman–Crippen LogP) is 15.3. The summed E-state index contributed by atoms with van der Waals surface area (Å²) in [5, 5.41) is 11.7. The first-order valence-corrected chi connectivity index (χ1v) is 28.2. The Labute approximate surface area is 403 Å². The number of rotatable bonds is 52. The van der Waals surface area contributed by atoms with Crippen molar-refractivity contribution in [3.8, 4) is 0 Å². The Hall–Kier alpha value is -1.93. The predicted molar refractivity (Wildman–Crippen MR) is 273 cm³/mol. The van der Waals surface area contributed by atoms with Crippen molar-refractivity contribution in [2.24, 2.45) is 0 Å². The lowest BCUT2D eigenvalue weighted by Gasteiger charge is -2.34. The van der Waals surface area contributed by atoms with E-state index in [0.29, 0.717) is 12.8 Å². The highest BCUT2D eigenvalue weighted by Gasteiger charge is 2.25. The summed E-state index contributed by atoms with van der Waals surface area (Å²) < 4.78 is 17.3. The highest BCUT2D eigenvalue weighted by molar-refractivity contribution is 5.70. The maximum atomic E-state index is 12.8. The Morgan fingerprint density at radius 2 is 0.769 bits per heavy atom. The van der Waals surface area contributed by atoms with Gasteiger partial charge in [-0.2, -0.15) is 0 Å². The first kappa shape index (κ1) is 63.1. The number of nitrogens with zero attached hydrogens (tertiary/aromatic N) is 1. The number of carboxylic acids is 1. The van der Waals surface area contributed by atoms with Gasteiger partial charge in [0.15, 0.2) is 6.10 Å². The summed E-state index contributed by atoms with van der Waals surface area (Å²) in [7, 11) is 5.43. The minimum absolute atomic E-state index is 0.0454. The molecule has 0 aliphatic carbocycles. The zero-order valence-electron chi connectivity index (χ0n) is 43.9. The number of allylic oxidation sites excluding steroid dienone is 2. The highest BCUT2D eigenvalue weighted by atomic mass is 16.6. The van der Waals surface area contributed by atoms with Crippen LogP contribution in [-0.4, -0.2) is 75.5 Å². The van der Waals surface area contributed by atoms with Gasteiger partial charge in [-0.1, -0.05) is 238 Å². The molecule has 0 aromatic carbocycles. The molecule has 0 aliphatic rings. The van der Waals surface area contributed by atoms with Gasteiger partial charge < -0.3 is 28.6 Å². The van der Waals surface area contributed by atoms with Gasteiger partial charge in [-0.15, -0.1) is 0 Å². The molecule has 0 N–H and O–H groups in total. The fourth-order valence-corrected chi connectivity index (χ4v) is 8.78. The molecule has 2 unspecified atom stereocenters. The summed E-state index contributed by atoms with van der Waals surface area (Å²) in [5.74, 6) is -1.71. The van der Waals surface area contributed by atoms with Gasteiger partial charge >= 0.3 is 11.9 Å². The van der Waals surface area contributed by atoms with Crippen molar-refractivity contribution in [3.05, 3.63) is 12.2 Å². The van der Waals surface area contributed by atoms with Gasteiger partial charge in [0.1, 0.15) is 12.6 Å². The molecule has 8 nitrogen and oxygen atoms in total. The number of likely N-dealkylation sites (N-methyl/N-ethyl adjacent to an activating group) is 1. The molecule has 0 aliphatic heterocycles.